The van der Waals surface area contributed by atoms with E-state index in [-0.39, 0.29) is 24.3 Å². The van der Waals surface area contributed by atoms with E-state index in [0.717, 1.165) is 12.8 Å². The number of carbonyl (C=O) groups excluding carboxylic acids is 2. The van der Waals surface area contributed by atoms with Crippen molar-refractivity contribution in [1.29, 1.82) is 0 Å². The fourth-order valence-electron chi connectivity index (χ4n) is 2.19. The quantitative estimate of drug-likeness (QED) is 0.807. The van der Waals surface area contributed by atoms with E-state index in [4.69, 9.17) is 0 Å². The summed E-state index contributed by atoms with van der Waals surface area (Å²) < 4.78 is 35.8. The fraction of sp³-hybridized carbons (Fsp3) is 0.833. The number of piperazine rings is 1. The van der Waals surface area contributed by atoms with E-state index in [0.29, 0.717) is 26.2 Å². The Hall–Kier alpha value is -1.31. The van der Waals surface area contributed by atoms with Gasteiger partial charge in [0.15, 0.2) is 0 Å². The van der Waals surface area contributed by atoms with Crippen molar-refractivity contribution in [3.63, 3.8) is 0 Å². The summed E-state index contributed by atoms with van der Waals surface area (Å²) in [6.07, 6.45) is -2.42. The Bertz CT molecular complexity index is 375. The molecule has 2 amide bonds. The maximum atomic E-state index is 11.9. The predicted molar refractivity (Wildman–Crippen MR) is 64.8 cm³/mol. The lowest BCUT2D eigenvalue weighted by Crippen LogP contribution is -2.53. The lowest BCUT2D eigenvalue weighted by atomic mass is 10.2. The lowest BCUT2D eigenvalue weighted by molar-refractivity contribution is -0.141. The standard InChI is InChI=1S/C12H18F3N3O2/c13-12(14,15)8-16-7-10(19)17-3-5-18(6-4-17)11(20)9-1-2-9/h9,16H,1-8H2. The third kappa shape index (κ3) is 4.36. The molecular formula is C12H18F3N3O2. The van der Waals surface area contributed by atoms with Crippen LogP contribution in [-0.4, -0.2) is 67.1 Å². The second kappa shape index (κ2) is 5.99. The van der Waals surface area contributed by atoms with E-state index in [9.17, 15) is 22.8 Å². The molecule has 0 bridgehead atoms. The molecular weight excluding hydrogens is 275 g/mol. The molecule has 0 spiro atoms. The van der Waals surface area contributed by atoms with Crippen LogP contribution in [0.2, 0.25) is 0 Å². The van der Waals surface area contributed by atoms with E-state index in [1.165, 1.54) is 4.90 Å². The number of rotatable bonds is 4. The maximum absolute atomic E-state index is 11.9. The summed E-state index contributed by atoms with van der Waals surface area (Å²) >= 11 is 0. The van der Waals surface area contributed by atoms with Gasteiger partial charge in [0.1, 0.15) is 0 Å². The molecule has 1 heterocycles. The van der Waals surface area contributed by atoms with Crippen LogP contribution in [0.25, 0.3) is 0 Å². The summed E-state index contributed by atoms with van der Waals surface area (Å²) in [6, 6.07) is 0. The third-order valence-electron chi connectivity index (χ3n) is 3.47. The second-order valence-corrected chi connectivity index (χ2v) is 5.20. The topological polar surface area (TPSA) is 52.7 Å². The Morgan fingerprint density at radius 1 is 1.05 bits per heavy atom. The van der Waals surface area contributed by atoms with Gasteiger partial charge in [0.25, 0.3) is 0 Å². The Balaban J connectivity index is 1.67. The van der Waals surface area contributed by atoms with Gasteiger partial charge in [-0.05, 0) is 12.8 Å². The van der Waals surface area contributed by atoms with Gasteiger partial charge < -0.3 is 15.1 Å². The van der Waals surface area contributed by atoms with E-state index in [1.807, 2.05) is 0 Å². The summed E-state index contributed by atoms with van der Waals surface area (Å²) in [5, 5.41) is 2.09. The number of nitrogens with one attached hydrogen (secondary N) is 1. The average molecular weight is 293 g/mol. The molecule has 1 aliphatic heterocycles. The first kappa shape index (κ1) is 15.1. The van der Waals surface area contributed by atoms with Gasteiger partial charge in [-0.25, -0.2) is 0 Å². The first-order chi connectivity index (χ1) is 9.37. The van der Waals surface area contributed by atoms with Crippen molar-refractivity contribution in [3.8, 4) is 0 Å². The first-order valence-corrected chi connectivity index (χ1v) is 6.71. The largest absolute Gasteiger partial charge is 0.401 e. The SMILES string of the molecule is O=C(CNCC(F)(F)F)N1CCN(C(=O)C2CC2)CC1. The molecule has 114 valence electrons. The van der Waals surface area contributed by atoms with Gasteiger partial charge in [0.2, 0.25) is 11.8 Å². The van der Waals surface area contributed by atoms with Crippen molar-refractivity contribution in [1.82, 2.24) is 15.1 Å². The van der Waals surface area contributed by atoms with E-state index in [2.05, 4.69) is 5.32 Å². The van der Waals surface area contributed by atoms with Crippen LogP contribution in [0.4, 0.5) is 13.2 Å². The van der Waals surface area contributed by atoms with Gasteiger partial charge in [-0.3, -0.25) is 9.59 Å². The highest BCUT2D eigenvalue weighted by Gasteiger charge is 2.35. The van der Waals surface area contributed by atoms with Crippen molar-refractivity contribution < 1.29 is 22.8 Å². The van der Waals surface area contributed by atoms with Gasteiger partial charge in [-0.15, -0.1) is 0 Å². The number of halogens is 3. The normalized spacial score (nSPS) is 20.1. The molecule has 20 heavy (non-hydrogen) atoms. The summed E-state index contributed by atoms with van der Waals surface area (Å²) in [6.45, 7) is 0.242. The molecule has 2 rings (SSSR count). The lowest BCUT2D eigenvalue weighted by Gasteiger charge is -2.35. The third-order valence-corrected chi connectivity index (χ3v) is 3.47. The van der Waals surface area contributed by atoms with E-state index in [1.54, 1.807) is 4.90 Å². The average Bonchev–Trinajstić information content (AvgIpc) is 3.21. The van der Waals surface area contributed by atoms with E-state index < -0.39 is 12.7 Å². The molecule has 8 heteroatoms. The van der Waals surface area contributed by atoms with E-state index >= 15 is 0 Å². The molecule has 0 radical (unpaired) electrons. The Morgan fingerprint density at radius 2 is 1.60 bits per heavy atom. The van der Waals surface area contributed by atoms with Crippen molar-refractivity contribution in [2.24, 2.45) is 5.92 Å². The molecule has 0 aromatic carbocycles. The molecule has 0 aromatic rings. The van der Waals surface area contributed by atoms with Crippen LogP contribution in [0.5, 0.6) is 0 Å². The smallest absolute Gasteiger partial charge is 0.339 e. The number of hydrogen-bond acceptors (Lipinski definition) is 3. The van der Waals surface area contributed by atoms with Crippen LogP contribution in [0.15, 0.2) is 0 Å². The van der Waals surface area contributed by atoms with Crippen molar-refractivity contribution >= 4 is 11.8 Å². The number of alkyl halides is 3. The second-order valence-electron chi connectivity index (χ2n) is 5.20. The van der Waals surface area contributed by atoms with Gasteiger partial charge in [0.05, 0.1) is 13.1 Å². The zero-order chi connectivity index (χ0) is 14.8. The van der Waals surface area contributed by atoms with Crippen LogP contribution in [0.1, 0.15) is 12.8 Å². The number of hydrogen-bond donors (Lipinski definition) is 1. The minimum absolute atomic E-state index is 0.146. The summed E-state index contributed by atoms with van der Waals surface area (Å²) in [7, 11) is 0. The van der Waals surface area contributed by atoms with Crippen molar-refractivity contribution in [2.75, 3.05) is 39.3 Å². The fourth-order valence-corrected chi connectivity index (χ4v) is 2.19. The zero-order valence-corrected chi connectivity index (χ0v) is 11.1. The highest BCUT2D eigenvalue weighted by molar-refractivity contribution is 5.82. The molecule has 1 aliphatic carbocycles. The number of carbonyl (C=O) groups is 2. The first-order valence-electron chi connectivity index (χ1n) is 6.71. The molecule has 0 atom stereocenters. The highest BCUT2D eigenvalue weighted by atomic mass is 19.4. The van der Waals surface area contributed by atoms with Crippen LogP contribution in [0.3, 0.4) is 0 Å². The van der Waals surface area contributed by atoms with Crippen LogP contribution in [-0.2, 0) is 9.59 Å². The predicted octanol–water partition coefficient (Wildman–Crippen LogP) is 0.219. The molecule has 2 fully saturated rings. The van der Waals surface area contributed by atoms with Crippen LogP contribution < -0.4 is 5.32 Å². The minimum Gasteiger partial charge on any atom is -0.339 e. The van der Waals surface area contributed by atoms with Gasteiger partial charge in [-0.1, -0.05) is 0 Å². The molecule has 1 saturated heterocycles. The molecule has 1 saturated carbocycles. The Kier molecular flexibility index (Phi) is 4.52. The molecule has 5 nitrogen and oxygen atoms in total. The van der Waals surface area contributed by atoms with Gasteiger partial charge in [0, 0.05) is 32.1 Å². The highest BCUT2D eigenvalue weighted by Crippen LogP contribution is 2.31. The summed E-state index contributed by atoms with van der Waals surface area (Å²) in [4.78, 5) is 26.7. The Labute approximate surface area is 115 Å². The molecule has 0 unspecified atom stereocenters. The van der Waals surface area contributed by atoms with Crippen molar-refractivity contribution in [2.45, 2.75) is 19.0 Å². The van der Waals surface area contributed by atoms with Crippen molar-refractivity contribution in [3.05, 3.63) is 0 Å². The molecule has 0 aromatic heterocycles. The number of amides is 2. The summed E-state index contributed by atoms with van der Waals surface area (Å²) in [5.74, 6) is -0.0502. The number of nitrogens with zero attached hydrogens (tertiary/aromatic N) is 2. The van der Waals surface area contributed by atoms with Gasteiger partial charge >= 0.3 is 6.18 Å². The molecule has 2 aliphatic rings. The zero-order valence-electron chi connectivity index (χ0n) is 11.1. The van der Waals surface area contributed by atoms with Crippen LogP contribution in [0, 0.1) is 5.92 Å². The summed E-state index contributed by atoms with van der Waals surface area (Å²) in [5.41, 5.74) is 0. The maximum Gasteiger partial charge on any atom is 0.401 e. The monoisotopic (exact) mass is 293 g/mol. The minimum atomic E-state index is -4.31. The Morgan fingerprint density at radius 3 is 2.10 bits per heavy atom. The van der Waals surface area contributed by atoms with Crippen LogP contribution >= 0.6 is 0 Å². The van der Waals surface area contributed by atoms with Gasteiger partial charge in [-0.2, -0.15) is 13.2 Å². The molecule has 1 N–H and O–H groups in total.